The van der Waals surface area contributed by atoms with E-state index in [2.05, 4.69) is 0 Å². The van der Waals surface area contributed by atoms with E-state index in [0.717, 1.165) is 0 Å². The summed E-state index contributed by atoms with van der Waals surface area (Å²) in [5.74, 6) is -3.19. The van der Waals surface area contributed by atoms with Crippen LogP contribution in [0.15, 0.2) is 30.3 Å². The molecule has 1 rings (SSSR count). The van der Waals surface area contributed by atoms with Gasteiger partial charge < -0.3 is 5.11 Å². The van der Waals surface area contributed by atoms with Crippen molar-refractivity contribution in [3.05, 3.63) is 35.9 Å². The van der Waals surface area contributed by atoms with Gasteiger partial charge in [-0.05, 0) is 5.56 Å². The Morgan fingerprint density at radius 3 is 2.23 bits per heavy atom. The summed E-state index contributed by atoms with van der Waals surface area (Å²) in [7, 11) is 0. The number of carbonyl (C=O) groups is 2. The van der Waals surface area contributed by atoms with Crippen molar-refractivity contribution >= 4 is 11.8 Å². The Balaban J connectivity index is 2.86. The molecule has 0 aliphatic rings. The molecule has 0 aliphatic heterocycles. The summed E-state index contributed by atoms with van der Waals surface area (Å²) in [6.07, 6.45) is -2.07. The van der Waals surface area contributed by atoms with E-state index in [1.54, 1.807) is 6.07 Å². The largest absolute Gasteiger partial charge is 0.475 e. The molecule has 0 bridgehead atoms. The third-order valence-electron chi connectivity index (χ3n) is 1.53. The predicted octanol–water partition coefficient (Wildman–Crippen LogP) is 1.35. The van der Waals surface area contributed by atoms with Gasteiger partial charge in [0.05, 0.1) is 0 Å². The third-order valence-corrected chi connectivity index (χ3v) is 1.53. The molecule has 0 radical (unpaired) electrons. The third kappa shape index (κ3) is 2.11. The van der Waals surface area contributed by atoms with Crippen LogP contribution in [0.4, 0.5) is 4.39 Å². The normalized spacial score (nSPS) is 12.1. The number of halogens is 1. The molecule has 0 spiro atoms. The smallest absolute Gasteiger partial charge is 0.375 e. The molecule has 0 heterocycles. The maximum absolute atomic E-state index is 13.0. The summed E-state index contributed by atoms with van der Waals surface area (Å²) in [5, 5.41) is 8.22. The summed E-state index contributed by atoms with van der Waals surface area (Å²) in [6, 6.07) is 7.46. The number of alkyl halides is 1. The van der Waals surface area contributed by atoms with Crippen molar-refractivity contribution in [2.24, 2.45) is 0 Å². The summed E-state index contributed by atoms with van der Waals surface area (Å²) >= 11 is 0. The standard InChI is InChI=1S/C9H7FO3/c10-7(8(11)9(12)13)6-4-2-1-3-5-6/h1-5,7H,(H,12,13). The zero-order valence-electron chi connectivity index (χ0n) is 6.61. The summed E-state index contributed by atoms with van der Waals surface area (Å²) in [4.78, 5) is 20.8. The Hall–Kier alpha value is -1.71. The van der Waals surface area contributed by atoms with Crippen molar-refractivity contribution < 1.29 is 19.1 Å². The van der Waals surface area contributed by atoms with Gasteiger partial charge in [-0.25, -0.2) is 9.18 Å². The molecule has 1 aromatic rings. The van der Waals surface area contributed by atoms with Crippen LogP contribution < -0.4 is 0 Å². The first-order valence-corrected chi connectivity index (χ1v) is 3.59. The minimum atomic E-state index is -2.07. The molecule has 3 nitrogen and oxygen atoms in total. The molecular formula is C9H7FO3. The monoisotopic (exact) mass is 182 g/mol. The number of aliphatic carboxylic acids is 1. The molecule has 0 saturated heterocycles. The van der Waals surface area contributed by atoms with Gasteiger partial charge in [-0.3, -0.25) is 4.79 Å². The lowest BCUT2D eigenvalue weighted by atomic mass is 10.1. The second-order valence-electron chi connectivity index (χ2n) is 2.44. The first kappa shape index (κ1) is 9.38. The first-order chi connectivity index (χ1) is 6.13. The van der Waals surface area contributed by atoms with Crippen LogP contribution in [-0.4, -0.2) is 16.9 Å². The Morgan fingerprint density at radius 2 is 1.77 bits per heavy atom. The summed E-state index contributed by atoms with van der Waals surface area (Å²) in [6.45, 7) is 0. The number of carboxylic acid groups (broad SMARTS) is 1. The molecule has 1 aromatic carbocycles. The number of hydrogen-bond donors (Lipinski definition) is 1. The number of rotatable bonds is 3. The van der Waals surface area contributed by atoms with Crippen LogP contribution in [0.3, 0.4) is 0 Å². The Labute approximate surface area is 73.8 Å². The lowest BCUT2D eigenvalue weighted by molar-refractivity contribution is -0.151. The van der Waals surface area contributed by atoms with Crippen LogP contribution in [0.5, 0.6) is 0 Å². The van der Waals surface area contributed by atoms with Crippen molar-refractivity contribution in [3.8, 4) is 0 Å². The van der Waals surface area contributed by atoms with E-state index in [-0.39, 0.29) is 5.56 Å². The fourth-order valence-corrected chi connectivity index (χ4v) is 0.882. The second-order valence-corrected chi connectivity index (χ2v) is 2.44. The van der Waals surface area contributed by atoms with E-state index in [1.807, 2.05) is 0 Å². The van der Waals surface area contributed by atoms with Gasteiger partial charge in [0.15, 0.2) is 6.17 Å². The molecule has 0 fully saturated rings. The fraction of sp³-hybridized carbons (Fsp3) is 0.111. The first-order valence-electron chi connectivity index (χ1n) is 3.59. The molecule has 13 heavy (non-hydrogen) atoms. The topological polar surface area (TPSA) is 54.4 Å². The molecule has 68 valence electrons. The quantitative estimate of drug-likeness (QED) is 0.718. The SMILES string of the molecule is O=C(O)C(=O)C(F)c1ccccc1. The highest BCUT2D eigenvalue weighted by Crippen LogP contribution is 2.17. The molecule has 0 aromatic heterocycles. The van der Waals surface area contributed by atoms with Gasteiger partial charge >= 0.3 is 5.97 Å². The van der Waals surface area contributed by atoms with E-state index in [9.17, 15) is 14.0 Å². The van der Waals surface area contributed by atoms with Crippen molar-refractivity contribution in [3.63, 3.8) is 0 Å². The lowest BCUT2D eigenvalue weighted by Crippen LogP contribution is -2.18. The lowest BCUT2D eigenvalue weighted by Gasteiger charge is -2.02. The van der Waals surface area contributed by atoms with E-state index >= 15 is 0 Å². The van der Waals surface area contributed by atoms with Crippen LogP contribution in [0.25, 0.3) is 0 Å². The van der Waals surface area contributed by atoms with Crippen molar-refractivity contribution in [2.75, 3.05) is 0 Å². The summed E-state index contributed by atoms with van der Waals surface area (Å²) < 4.78 is 13.0. The number of benzene rings is 1. The van der Waals surface area contributed by atoms with Gasteiger partial charge in [-0.15, -0.1) is 0 Å². The zero-order chi connectivity index (χ0) is 9.84. The molecule has 0 aliphatic carbocycles. The van der Waals surface area contributed by atoms with Gasteiger partial charge in [-0.1, -0.05) is 30.3 Å². The zero-order valence-corrected chi connectivity index (χ0v) is 6.61. The van der Waals surface area contributed by atoms with Gasteiger partial charge in [0, 0.05) is 0 Å². The fourth-order valence-electron chi connectivity index (χ4n) is 0.882. The van der Waals surface area contributed by atoms with Gasteiger partial charge in [0.1, 0.15) is 0 Å². The highest BCUT2D eigenvalue weighted by molar-refractivity contribution is 6.34. The van der Waals surface area contributed by atoms with Crippen LogP contribution >= 0.6 is 0 Å². The number of carbonyl (C=O) groups excluding carboxylic acids is 1. The van der Waals surface area contributed by atoms with Gasteiger partial charge in [0.2, 0.25) is 0 Å². The average molecular weight is 182 g/mol. The van der Waals surface area contributed by atoms with Crippen molar-refractivity contribution in [2.45, 2.75) is 6.17 Å². The number of carboxylic acids is 1. The van der Waals surface area contributed by atoms with Gasteiger partial charge in [-0.2, -0.15) is 0 Å². The van der Waals surface area contributed by atoms with Crippen LogP contribution in [0.2, 0.25) is 0 Å². The Kier molecular flexibility index (Phi) is 2.74. The molecule has 4 heteroatoms. The Bertz CT molecular complexity index is 321. The number of ketones is 1. The highest BCUT2D eigenvalue weighted by atomic mass is 19.1. The van der Waals surface area contributed by atoms with Gasteiger partial charge in [0.25, 0.3) is 5.78 Å². The molecule has 1 N–H and O–H groups in total. The Morgan fingerprint density at radius 1 is 1.23 bits per heavy atom. The van der Waals surface area contributed by atoms with E-state index < -0.39 is 17.9 Å². The van der Waals surface area contributed by atoms with E-state index in [4.69, 9.17) is 5.11 Å². The maximum Gasteiger partial charge on any atom is 0.375 e. The molecule has 1 atom stereocenters. The average Bonchev–Trinajstić information content (AvgIpc) is 2.17. The molecule has 0 amide bonds. The van der Waals surface area contributed by atoms with Crippen molar-refractivity contribution in [1.82, 2.24) is 0 Å². The molecular weight excluding hydrogens is 175 g/mol. The molecule has 0 saturated carbocycles. The number of hydrogen-bond acceptors (Lipinski definition) is 2. The van der Waals surface area contributed by atoms with Crippen LogP contribution in [0.1, 0.15) is 11.7 Å². The maximum atomic E-state index is 13.0. The minimum Gasteiger partial charge on any atom is -0.475 e. The van der Waals surface area contributed by atoms with E-state index in [1.165, 1.54) is 24.3 Å². The van der Waals surface area contributed by atoms with E-state index in [0.29, 0.717) is 0 Å². The predicted molar refractivity (Wildman–Crippen MR) is 42.9 cm³/mol. The highest BCUT2D eigenvalue weighted by Gasteiger charge is 2.25. The second kappa shape index (κ2) is 3.80. The van der Waals surface area contributed by atoms with Crippen LogP contribution in [-0.2, 0) is 9.59 Å². The number of Topliss-reactive ketones (excluding diaryl/α,β-unsaturated/α-hetero) is 1. The van der Waals surface area contributed by atoms with Crippen molar-refractivity contribution in [1.29, 1.82) is 0 Å². The minimum absolute atomic E-state index is 0.0647. The summed E-state index contributed by atoms with van der Waals surface area (Å²) in [5.41, 5.74) is 0.0647. The molecule has 1 unspecified atom stereocenters. The van der Waals surface area contributed by atoms with Crippen LogP contribution in [0, 0.1) is 0 Å².